The fourth-order valence-electron chi connectivity index (χ4n) is 2.22. The summed E-state index contributed by atoms with van der Waals surface area (Å²) in [6, 6.07) is 10.00. The summed E-state index contributed by atoms with van der Waals surface area (Å²) in [5.74, 6) is 1.31. The zero-order chi connectivity index (χ0) is 15.1. The summed E-state index contributed by atoms with van der Waals surface area (Å²) in [6.45, 7) is 0. The molecular weight excluding hydrogens is 306 g/mol. The van der Waals surface area contributed by atoms with Crippen LogP contribution in [0, 0.1) is 10.1 Å². The van der Waals surface area contributed by atoms with Crippen LogP contribution in [0.25, 0.3) is 11.4 Å². The zero-order valence-corrected chi connectivity index (χ0v) is 11.9. The molecule has 9 heteroatoms. The highest BCUT2D eigenvalue weighted by atomic mass is 32.2. The van der Waals surface area contributed by atoms with Gasteiger partial charge in [0.25, 0.3) is 5.69 Å². The standard InChI is InChI=1S/C13H9N5O3S/c19-18(20)9-4-1-3-8(7-9)11-14-15-13-17(11)16-12(22-13)10-5-2-6-21-10/h1-7,12,16H. The molecule has 22 heavy (non-hydrogen) atoms. The van der Waals surface area contributed by atoms with E-state index in [0.717, 1.165) is 5.76 Å². The molecule has 1 N–H and O–H groups in total. The maximum Gasteiger partial charge on any atom is 0.270 e. The number of furan rings is 1. The van der Waals surface area contributed by atoms with E-state index in [1.807, 2.05) is 12.1 Å². The van der Waals surface area contributed by atoms with E-state index in [0.29, 0.717) is 16.5 Å². The Kier molecular flexibility index (Phi) is 2.86. The fourth-order valence-corrected chi connectivity index (χ4v) is 3.17. The second-order valence-corrected chi connectivity index (χ2v) is 5.66. The number of fused-ring (bicyclic) bond motifs is 1. The first-order valence-corrected chi connectivity index (χ1v) is 7.27. The van der Waals surface area contributed by atoms with E-state index in [1.54, 1.807) is 23.1 Å². The number of non-ortho nitro benzene ring substituents is 1. The number of nitro benzene ring substituents is 1. The monoisotopic (exact) mass is 315 g/mol. The Hall–Kier alpha value is -2.81. The van der Waals surface area contributed by atoms with Crippen molar-refractivity contribution in [3.8, 4) is 11.4 Å². The predicted molar refractivity (Wildman–Crippen MR) is 78.8 cm³/mol. The lowest BCUT2D eigenvalue weighted by atomic mass is 10.2. The van der Waals surface area contributed by atoms with Crippen LogP contribution in [0.4, 0.5) is 5.69 Å². The van der Waals surface area contributed by atoms with Crippen molar-refractivity contribution in [1.29, 1.82) is 0 Å². The maximum atomic E-state index is 10.9. The number of rotatable bonds is 3. The third-order valence-electron chi connectivity index (χ3n) is 3.22. The molecule has 4 rings (SSSR count). The van der Waals surface area contributed by atoms with Crippen molar-refractivity contribution < 1.29 is 9.34 Å². The van der Waals surface area contributed by atoms with Crippen LogP contribution in [0.5, 0.6) is 0 Å². The van der Waals surface area contributed by atoms with E-state index in [2.05, 4.69) is 15.6 Å². The van der Waals surface area contributed by atoms with Crippen molar-refractivity contribution in [2.24, 2.45) is 0 Å². The molecule has 0 spiro atoms. The zero-order valence-electron chi connectivity index (χ0n) is 11.0. The molecule has 0 fully saturated rings. The number of nitrogens with one attached hydrogen (secondary N) is 1. The molecule has 8 nitrogen and oxygen atoms in total. The minimum absolute atomic E-state index is 0.0167. The molecule has 3 heterocycles. The summed E-state index contributed by atoms with van der Waals surface area (Å²) in [7, 11) is 0. The van der Waals surface area contributed by atoms with Crippen LogP contribution in [0.15, 0.2) is 52.2 Å². The minimum Gasteiger partial charge on any atom is -0.466 e. The quantitative estimate of drug-likeness (QED) is 0.586. The Balaban J connectivity index is 1.70. The van der Waals surface area contributed by atoms with Crippen molar-refractivity contribution in [2.75, 3.05) is 5.43 Å². The first-order valence-electron chi connectivity index (χ1n) is 6.39. The normalized spacial score (nSPS) is 16.3. The van der Waals surface area contributed by atoms with E-state index < -0.39 is 4.92 Å². The number of hydrogen-bond donors (Lipinski definition) is 1. The van der Waals surface area contributed by atoms with Gasteiger partial charge in [-0.25, -0.2) is 4.68 Å². The second kappa shape index (κ2) is 4.88. The van der Waals surface area contributed by atoms with E-state index in [1.165, 1.54) is 23.9 Å². The average Bonchev–Trinajstić information content (AvgIpc) is 3.23. The van der Waals surface area contributed by atoms with Gasteiger partial charge in [-0.15, -0.1) is 10.2 Å². The highest BCUT2D eigenvalue weighted by Gasteiger charge is 2.30. The second-order valence-electron chi connectivity index (χ2n) is 4.59. The van der Waals surface area contributed by atoms with Crippen LogP contribution in [-0.4, -0.2) is 19.8 Å². The third kappa shape index (κ3) is 2.02. The van der Waals surface area contributed by atoms with Crippen molar-refractivity contribution in [2.45, 2.75) is 10.5 Å². The molecule has 2 aromatic heterocycles. The van der Waals surface area contributed by atoms with E-state index in [9.17, 15) is 10.1 Å². The van der Waals surface area contributed by atoms with Gasteiger partial charge >= 0.3 is 0 Å². The number of nitro groups is 1. The molecular formula is C13H9N5O3S. The van der Waals surface area contributed by atoms with Gasteiger partial charge in [-0.1, -0.05) is 12.1 Å². The van der Waals surface area contributed by atoms with Crippen LogP contribution < -0.4 is 5.43 Å². The first kappa shape index (κ1) is 12.9. The molecule has 1 aliphatic heterocycles. The lowest BCUT2D eigenvalue weighted by Gasteiger charge is -2.09. The molecule has 3 aromatic rings. The van der Waals surface area contributed by atoms with E-state index in [-0.39, 0.29) is 11.1 Å². The number of benzene rings is 1. The van der Waals surface area contributed by atoms with Gasteiger partial charge in [0.2, 0.25) is 5.16 Å². The molecule has 1 unspecified atom stereocenters. The van der Waals surface area contributed by atoms with E-state index >= 15 is 0 Å². The molecule has 0 bridgehead atoms. The molecule has 1 atom stereocenters. The summed E-state index contributed by atoms with van der Waals surface area (Å²) in [5.41, 5.74) is 3.87. The number of thioether (sulfide) groups is 1. The Morgan fingerprint density at radius 1 is 1.32 bits per heavy atom. The molecule has 1 aromatic carbocycles. The fraction of sp³-hybridized carbons (Fsp3) is 0.0769. The molecule has 0 amide bonds. The van der Waals surface area contributed by atoms with E-state index in [4.69, 9.17) is 4.42 Å². The minimum atomic E-state index is -0.432. The summed E-state index contributed by atoms with van der Waals surface area (Å²) in [5, 5.41) is 19.7. The van der Waals surface area contributed by atoms with Crippen molar-refractivity contribution in [1.82, 2.24) is 14.9 Å². The SMILES string of the molecule is O=[N+]([O-])c1cccc(-c2nnc3n2NC(c2ccco2)S3)c1. The highest BCUT2D eigenvalue weighted by molar-refractivity contribution is 7.99. The summed E-state index contributed by atoms with van der Waals surface area (Å²) in [6.07, 6.45) is 1.61. The van der Waals surface area contributed by atoms with Crippen molar-refractivity contribution in [3.05, 3.63) is 58.5 Å². The van der Waals surface area contributed by atoms with Gasteiger partial charge in [0, 0.05) is 17.7 Å². The molecule has 110 valence electrons. The van der Waals surface area contributed by atoms with Crippen LogP contribution >= 0.6 is 11.8 Å². The third-order valence-corrected chi connectivity index (χ3v) is 4.27. The van der Waals surface area contributed by atoms with Crippen molar-refractivity contribution in [3.63, 3.8) is 0 Å². The van der Waals surface area contributed by atoms with Crippen LogP contribution in [-0.2, 0) is 0 Å². The van der Waals surface area contributed by atoms with Crippen LogP contribution in [0.2, 0.25) is 0 Å². The van der Waals surface area contributed by atoms with Gasteiger partial charge in [0.1, 0.15) is 5.76 Å². The van der Waals surface area contributed by atoms with Crippen LogP contribution in [0.1, 0.15) is 11.1 Å². The largest absolute Gasteiger partial charge is 0.466 e. The maximum absolute atomic E-state index is 10.9. The van der Waals surface area contributed by atoms with Gasteiger partial charge in [-0.2, -0.15) is 0 Å². The molecule has 1 aliphatic rings. The Morgan fingerprint density at radius 3 is 3.00 bits per heavy atom. The Morgan fingerprint density at radius 2 is 2.23 bits per heavy atom. The summed E-state index contributed by atoms with van der Waals surface area (Å²) < 4.78 is 7.10. The lowest BCUT2D eigenvalue weighted by Crippen LogP contribution is -2.13. The molecule has 0 aliphatic carbocycles. The first-order chi connectivity index (χ1) is 10.7. The molecule has 0 saturated heterocycles. The van der Waals surface area contributed by atoms with Crippen molar-refractivity contribution >= 4 is 17.4 Å². The summed E-state index contributed by atoms with van der Waals surface area (Å²) in [4.78, 5) is 10.5. The number of aromatic nitrogens is 3. The highest BCUT2D eigenvalue weighted by Crippen LogP contribution is 2.40. The van der Waals surface area contributed by atoms with Gasteiger partial charge in [-0.3, -0.25) is 10.1 Å². The molecule has 0 radical (unpaired) electrons. The van der Waals surface area contributed by atoms with Gasteiger partial charge in [-0.05, 0) is 23.9 Å². The van der Waals surface area contributed by atoms with Gasteiger partial charge < -0.3 is 9.84 Å². The number of hydrogen-bond acceptors (Lipinski definition) is 7. The Bertz CT molecular complexity index is 845. The molecule has 0 saturated carbocycles. The average molecular weight is 315 g/mol. The van der Waals surface area contributed by atoms with Crippen LogP contribution in [0.3, 0.4) is 0 Å². The summed E-state index contributed by atoms with van der Waals surface area (Å²) >= 11 is 1.47. The van der Waals surface area contributed by atoms with Gasteiger partial charge in [0.05, 0.1) is 11.2 Å². The Labute approximate surface area is 128 Å². The number of nitrogens with zero attached hydrogens (tertiary/aromatic N) is 4. The van der Waals surface area contributed by atoms with Gasteiger partial charge in [0.15, 0.2) is 11.2 Å². The predicted octanol–water partition coefficient (Wildman–Crippen LogP) is 2.79. The smallest absolute Gasteiger partial charge is 0.270 e. The lowest BCUT2D eigenvalue weighted by molar-refractivity contribution is -0.384. The topological polar surface area (TPSA) is 99.0 Å².